The largest absolute Gasteiger partial charge is 0.383 e. The second-order valence-electron chi connectivity index (χ2n) is 2.10. The third kappa shape index (κ3) is 2.99. The van der Waals surface area contributed by atoms with Gasteiger partial charge in [-0.15, -0.1) is 10.2 Å². The van der Waals surface area contributed by atoms with E-state index >= 15 is 0 Å². The summed E-state index contributed by atoms with van der Waals surface area (Å²) < 4.78 is 29.6. The maximum Gasteiger partial charge on any atom is 0.269 e. The molecule has 0 aliphatic heterocycles. The number of hydrogen-bond acceptors (Lipinski definition) is 6. The molecule has 0 atom stereocenters. The summed E-state index contributed by atoms with van der Waals surface area (Å²) in [6.07, 6.45) is 0. The Balaban J connectivity index is 2.58. The average Bonchev–Trinajstić information content (AvgIpc) is 2.56. The van der Waals surface area contributed by atoms with E-state index in [1.807, 2.05) is 0 Å². The van der Waals surface area contributed by atoms with Crippen LogP contribution < -0.4 is 4.72 Å². The number of nitrogens with one attached hydrogen (secondary N) is 1. The van der Waals surface area contributed by atoms with Gasteiger partial charge in [0.2, 0.25) is 4.34 Å². The van der Waals surface area contributed by atoms with Gasteiger partial charge in [0.05, 0.1) is 6.61 Å². The lowest BCUT2D eigenvalue weighted by molar-refractivity contribution is 0.204. The third-order valence-electron chi connectivity index (χ3n) is 1.17. The molecule has 0 aromatic carbocycles. The molecule has 0 fully saturated rings. The number of methoxy groups -OCH3 is 1. The molecule has 0 unspecified atom stereocenters. The van der Waals surface area contributed by atoms with Gasteiger partial charge in [-0.2, -0.15) is 0 Å². The van der Waals surface area contributed by atoms with Crippen LogP contribution in [-0.4, -0.2) is 38.9 Å². The molecule has 0 saturated carbocycles. The van der Waals surface area contributed by atoms with Gasteiger partial charge < -0.3 is 4.74 Å². The topological polar surface area (TPSA) is 81.2 Å². The first kappa shape index (κ1) is 10.5. The molecule has 0 spiro atoms. The van der Waals surface area contributed by atoms with Crippen LogP contribution in [0.4, 0.5) is 0 Å². The molecule has 13 heavy (non-hydrogen) atoms. The molecule has 74 valence electrons. The van der Waals surface area contributed by atoms with Gasteiger partial charge in [-0.1, -0.05) is 11.3 Å². The lowest BCUT2D eigenvalue weighted by Crippen LogP contribution is -2.27. The Morgan fingerprint density at radius 2 is 2.46 bits per heavy atom. The van der Waals surface area contributed by atoms with Gasteiger partial charge >= 0.3 is 0 Å². The van der Waals surface area contributed by atoms with E-state index in [1.165, 1.54) is 12.6 Å². The minimum absolute atomic E-state index is 0.0244. The Bertz CT molecular complexity index is 334. The summed E-state index contributed by atoms with van der Waals surface area (Å²) in [5.74, 6) is 0. The molecule has 1 N–H and O–H groups in total. The van der Waals surface area contributed by atoms with Crippen molar-refractivity contribution in [2.24, 2.45) is 0 Å². The van der Waals surface area contributed by atoms with Crippen molar-refractivity contribution in [1.82, 2.24) is 14.9 Å². The van der Waals surface area contributed by atoms with Crippen molar-refractivity contribution in [2.75, 3.05) is 20.3 Å². The molecule has 0 bridgehead atoms. The highest BCUT2D eigenvalue weighted by molar-refractivity contribution is 7.91. The molecule has 0 amide bonds. The van der Waals surface area contributed by atoms with Crippen LogP contribution in [0, 0.1) is 0 Å². The zero-order valence-electron chi connectivity index (χ0n) is 6.93. The zero-order chi connectivity index (χ0) is 9.73. The van der Waals surface area contributed by atoms with Crippen LogP contribution in [0.3, 0.4) is 0 Å². The third-order valence-corrected chi connectivity index (χ3v) is 3.72. The normalized spacial score (nSPS) is 11.8. The summed E-state index contributed by atoms with van der Waals surface area (Å²) >= 11 is 0.974. The van der Waals surface area contributed by atoms with Crippen LogP contribution in [0.25, 0.3) is 0 Å². The average molecular weight is 223 g/mol. The predicted molar refractivity (Wildman–Crippen MR) is 47.0 cm³/mol. The number of nitrogens with zero attached hydrogens (tertiary/aromatic N) is 2. The predicted octanol–water partition coefficient (Wildman–Crippen LogP) is -0.537. The molecule has 1 aromatic rings. The number of rotatable bonds is 5. The van der Waals surface area contributed by atoms with Crippen LogP contribution in [0.5, 0.6) is 0 Å². The molecule has 1 aromatic heterocycles. The van der Waals surface area contributed by atoms with Crippen LogP contribution in [0.1, 0.15) is 0 Å². The first-order valence-corrected chi connectivity index (χ1v) is 5.78. The van der Waals surface area contributed by atoms with Gasteiger partial charge in [0.15, 0.2) is 0 Å². The van der Waals surface area contributed by atoms with E-state index in [4.69, 9.17) is 4.74 Å². The quantitative estimate of drug-likeness (QED) is 0.678. The molecular formula is C5H9N3O3S2. The van der Waals surface area contributed by atoms with Crippen molar-refractivity contribution in [3.63, 3.8) is 0 Å². The Kier molecular flexibility index (Phi) is 3.72. The van der Waals surface area contributed by atoms with E-state index < -0.39 is 10.0 Å². The first-order valence-electron chi connectivity index (χ1n) is 3.41. The van der Waals surface area contributed by atoms with E-state index in [2.05, 4.69) is 14.9 Å². The van der Waals surface area contributed by atoms with Gasteiger partial charge in [-0.3, -0.25) is 0 Å². The number of aromatic nitrogens is 2. The van der Waals surface area contributed by atoms with E-state index in [0.717, 1.165) is 11.3 Å². The Labute approximate surface area is 80.0 Å². The summed E-state index contributed by atoms with van der Waals surface area (Å²) in [6.45, 7) is 0.566. The van der Waals surface area contributed by atoms with Crippen LogP contribution in [-0.2, 0) is 14.8 Å². The SMILES string of the molecule is COCCNS(=O)(=O)c1nncs1. The fraction of sp³-hybridized carbons (Fsp3) is 0.600. The fourth-order valence-corrected chi connectivity index (χ4v) is 2.34. The smallest absolute Gasteiger partial charge is 0.269 e. The van der Waals surface area contributed by atoms with Crippen LogP contribution in [0.15, 0.2) is 9.85 Å². The number of ether oxygens (including phenoxy) is 1. The minimum Gasteiger partial charge on any atom is -0.383 e. The molecule has 0 aliphatic rings. The Morgan fingerprint density at radius 1 is 1.69 bits per heavy atom. The van der Waals surface area contributed by atoms with E-state index in [1.54, 1.807) is 0 Å². The van der Waals surface area contributed by atoms with Gasteiger partial charge in [0, 0.05) is 13.7 Å². The molecular weight excluding hydrogens is 214 g/mol. The number of sulfonamides is 1. The highest BCUT2D eigenvalue weighted by atomic mass is 32.2. The van der Waals surface area contributed by atoms with Crippen molar-refractivity contribution >= 4 is 21.4 Å². The van der Waals surface area contributed by atoms with E-state index in [0.29, 0.717) is 6.61 Å². The van der Waals surface area contributed by atoms with Gasteiger partial charge in [0.25, 0.3) is 10.0 Å². The molecule has 1 rings (SSSR count). The summed E-state index contributed by atoms with van der Waals surface area (Å²) in [5.41, 5.74) is 1.37. The van der Waals surface area contributed by atoms with Crippen molar-refractivity contribution in [3.8, 4) is 0 Å². The molecule has 8 heteroatoms. The maximum absolute atomic E-state index is 11.3. The first-order chi connectivity index (χ1) is 6.17. The zero-order valence-corrected chi connectivity index (χ0v) is 8.56. The highest BCUT2D eigenvalue weighted by Crippen LogP contribution is 2.08. The van der Waals surface area contributed by atoms with Gasteiger partial charge in [-0.05, 0) is 0 Å². The number of hydrogen-bond donors (Lipinski definition) is 1. The monoisotopic (exact) mass is 223 g/mol. The summed E-state index contributed by atoms with van der Waals surface area (Å²) in [7, 11) is -1.98. The molecule has 6 nitrogen and oxygen atoms in total. The van der Waals surface area contributed by atoms with E-state index in [9.17, 15) is 8.42 Å². The second-order valence-corrected chi connectivity index (χ2v) is 4.87. The summed E-state index contributed by atoms with van der Waals surface area (Å²) in [4.78, 5) is 0. The summed E-state index contributed by atoms with van der Waals surface area (Å²) in [5, 5.41) is 6.88. The van der Waals surface area contributed by atoms with Crippen LogP contribution in [0.2, 0.25) is 0 Å². The molecule has 1 heterocycles. The second kappa shape index (κ2) is 4.61. The Hall–Kier alpha value is -0.570. The van der Waals surface area contributed by atoms with Crippen molar-refractivity contribution in [3.05, 3.63) is 5.51 Å². The van der Waals surface area contributed by atoms with Crippen molar-refractivity contribution in [1.29, 1.82) is 0 Å². The lowest BCUT2D eigenvalue weighted by atomic mass is 10.7. The Morgan fingerprint density at radius 3 is 3.00 bits per heavy atom. The highest BCUT2D eigenvalue weighted by Gasteiger charge is 2.16. The molecule has 0 aliphatic carbocycles. The van der Waals surface area contributed by atoms with Crippen molar-refractivity contribution in [2.45, 2.75) is 4.34 Å². The van der Waals surface area contributed by atoms with Crippen molar-refractivity contribution < 1.29 is 13.2 Å². The maximum atomic E-state index is 11.3. The standard InChI is InChI=1S/C5H9N3O3S2/c1-11-3-2-7-13(9,10)5-8-6-4-12-5/h4,7H,2-3H2,1H3. The van der Waals surface area contributed by atoms with E-state index in [-0.39, 0.29) is 10.9 Å². The minimum atomic E-state index is -3.47. The van der Waals surface area contributed by atoms with Gasteiger partial charge in [-0.25, -0.2) is 13.1 Å². The van der Waals surface area contributed by atoms with Crippen LogP contribution >= 0.6 is 11.3 Å². The fourth-order valence-electron chi connectivity index (χ4n) is 0.620. The molecule has 0 radical (unpaired) electrons. The lowest BCUT2D eigenvalue weighted by Gasteiger charge is -2.01. The van der Waals surface area contributed by atoms with Gasteiger partial charge in [0.1, 0.15) is 5.51 Å². The summed E-state index contributed by atoms with van der Waals surface area (Å²) in [6, 6.07) is 0. The molecule has 0 saturated heterocycles.